The van der Waals surface area contributed by atoms with Crippen molar-refractivity contribution >= 4 is 17.6 Å². The van der Waals surface area contributed by atoms with Crippen molar-refractivity contribution in [2.75, 3.05) is 6.54 Å². The Balaban J connectivity index is 2.07. The van der Waals surface area contributed by atoms with Crippen LogP contribution in [-0.2, 0) is 16.0 Å². The molecule has 0 aromatic heterocycles. The third kappa shape index (κ3) is 4.39. The van der Waals surface area contributed by atoms with Crippen LogP contribution in [0, 0.1) is 10.1 Å². The van der Waals surface area contributed by atoms with E-state index in [0.29, 0.717) is 24.4 Å². The zero-order valence-corrected chi connectivity index (χ0v) is 17.8. The molecular weight excluding hydrogens is 412 g/mol. The van der Waals surface area contributed by atoms with Gasteiger partial charge in [0, 0.05) is 29.6 Å². The first-order chi connectivity index (χ1) is 15.2. The molecule has 0 atom stereocenters. The Morgan fingerprint density at radius 2 is 1.47 bits per heavy atom. The van der Waals surface area contributed by atoms with Gasteiger partial charge in [0.05, 0.1) is 22.0 Å². The molecule has 0 saturated heterocycles. The predicted octanol–water partition coefficient (Wildman–Crippen LogP) is 4.34. The van der Waals surface area contributed by atoms with Crippen molar-refractivity contribution in [3.8, 4) is 0 Å². The first-order valence-electron chi connectivity index (χ1n) is 10.2. The number of hydrogen-bond acceptors (Lipinski definition) is 5. The Morgan fingerprint density at radius 1 is 0.938 bits per heavy atom. The molecule has 8 nitrogen and oxygen atoms in total. The van der Waals surface area contributed by atoms with Crippen LogP contribution >= 0.6 is 0 Å². The van der Waals surface area contributed by atoms with Gasteiger partial charge in [-0.15, -0.1) is 0 Å². The smallest absolute Gasteiger partial charge is 0.334 e. The minimum Gasteiger partial charge on any atom is -0.478 e. The van der Waals surface area contributed by atoms with E-state index in [1.54, 1.807) is 18.7 Å². The van der Waals surface area contributed by atoms with E-state index in [9.17, 15) is 29.9 Å². The minimum absolute atomic E-state index is 0.0509. The van der Waals surface area contributed by atoms with Gasteiger partial charge in [-0.25, -0.2) is 9.59 Å². The summed E-state index contributed by atoms with van der Waals surface area (Å²) < 4.78 is 0. The Labute approximate surface area is 185 Å². The Bertz CT molecular complexity index is 1080. The van der Waals surface area contributed by atoms with E-state index >= 15 is 0 Å². The van der Waals surface area contributed by atoms with Gasteiger partial charge in [0.1, 0.15) is 0 Å². The van der Waals surface area contributed by atoms with Gasteiger partial charge in [-0.2, -0.15) is 0 Å². The maximum atomic E-state index is 12.3. The molecule has 1 aliphatic heterocycles. The largest absolute Gasteiger partial charge is 0.478 e. The molecule has 0 radical (unpaired) electrons. The summed E-state index contributed by atoms with van der Waals surface area (Å²) in [5, 5.41) is 31.6. The zero-order valence-electron chi connectivity index (χ0n) is 17.8. The lowest BCUT2D eigenvalue weighted by molar-refractivity contribution is -0.385. The van der Waals surface area contributed by atoms with Crippen LogP contribution < -0.4 is 0 Å². The number of rotatable bonds is 8. The van der Waals surface area contributed by atoms with E-state index in [4.69, 9.17) is 0 Å². The molecular formula is C24H24N2O6. The van der Waals surface area contributed by atoms with E-state index in [0.717, 1.165) is 12.0 Å². The van der Waals surface area contributed by atoms with Crippen molar-refractivity contribution in [2.45, 2.75) is 32.6 Å². The number of nitrogens with zero attached hydrogens (tertiary/aromatic N) is 2. The van der Waals surface area contributed by atoms with Crippen molar-refractivity contribution in [1.82, 2.24) is 4.90 Å². The number of benzene rings is 2. The average Bonchev–Trinajstić information content (AvgIpc) is 2.75. The van der Waals surface area contributed by atoms with Gasteiger partial charge >= 0.3 is 11.9 Å². The molecule has 1 heterocycles. The van der Waals surface area contributed by atoms with Gasteiger partial charge in [0.2, 0.25) is 0 Å². The second kappa shape index (κ2) is 9.47. The van der Waals surface area contributed by atoms with Gasteiger partial charge < -0.3 is 15.1 Å². The van der Waals surface area contributed by atoms with Gasteiger partial charge in [0.15, 0.2) is 0 Å². The Hall–Kier alpha value is -3.94. The lowest BCUT2D eigenvalue weighted by Crippen LogP contribution is -2.35. The summed E-state index contributed by atoms with van der Waals surface area (Å²) in [6.45, 7) is 3.66. The second-order valence-electron chi connectivity index (χ2n) is 7.60. The summed E-state index contributed by atoms with van der Waals surface area (Å²) in [6.07, 6.45) is 1.42. The molecule has 8 heteroatoms. The molecule has 0 spiro atoms. The highest BCUT2D eigenvalue weighted by Crippen LogP contribution is 2.44. The molecule has 0 amide bonds. The number of carboxylic acid groups (broad SMARTS) is 2. The van der Waals surface area contributed by atoms with Crippen molar-refractivity contribution in [1.29, 1.82) is 0 Å². The molecule has 166 valence electrons. The number of hydrogen-bond donors (Lipinski definition) is 2. The molecule has 0 fully saturated rings. The summed E-state index contributed by atoms with van der Waals surface area (Å²) >= 11 is 0. The molecule has 2 N–H and O–H groups in total. The summed E-state index contributed by atoms with van der Waals surface area (Å²) in [5.74, 6) is -3.85. The molecule has 32 heavy (non-hydrogen) atoms. The number of nitro groups is 1. The highest BCUT2D eigenvalue weighted by molar-refractivity contribution is 5.98. The maximum Gasteiger partial charge on any atom is 0.334 e. The van der Waals surface area contributed by atoms with E-state index < -0.39 is 22.8 Å². The fraction of sp³-hybridized carbons (Fsp3) is 0.250. The third-order valence-electron chi connectivity index (χ3n) is 5.76. The standard InChI is InChI=1S/C24H24N2O6/c1-15-20(23(27)28)22(18-12-6-7-13-19(18)26(31)32)21(24(29)30)16(2)25(15)14-8-11-17-9-4-3-5-10-17/h3-7,9-10,12-13,22H,8,11,14H2,1-2H3,(H,27,28)(H,29,30). The molecule has 2 aromatic rings. The van der Waals surface area contributed by atoms with E-state index in [2.05, 4.69) is 0 Å². The topological polar surface area (TPSA) is 121 Å². The minimum atomic E-state index is -1.30. The zero-order chi connectivity index (χ0) is 23.4. The summed E-state index contributed by atoms with van der Waals surface area (Å²) in [6, 6.07) is 15.5. The summed E-state index contributed by atoms with van der Waals surface area (Å²) in [5.41, 5.74) is 1.31. The molecule has 3 rings (SSSR count). The van der Waals surface area contributed by atoms with Crippen LogP contribution in [0.15, 0.2) is 77.1 Å². The van der Waals surface area contributed by atoms with E-state index in [-0.39, 0.29) is 22.4 Å². The fourth-order valence-electron chi connectivity index (χ4n) is 4.29. The lowest BCUT2D eigenvalue weighted by atomic mass is 9.79. The molecule has 0 unspecified atom stereocenters. The van der Waals surface area contributed by atoms with Gasteiger partial charge in [-0.05, 0) is 32.3 Å². The van der Waals surface area contributed by atoms with Crippen LogP contribution in [0.4, 0.5) is 5.69 Å². The predicted molar refractivity (Wildman–Crippen MR) is 118 cm³/mol. The second-order valence-corrected chi connectivity index (χ2v) is 7.60. The number of aryl methyl sites for hydroxylation is 1. The number of carbonyl (C=O) groups is 2. The van der Waals surface area contributed by atoms with Crippen LogP contribution in [0.3, 0.4) is 0 Å². The van der Waals surface area contributed by atoms with E-state index in [1.807, 2.05) is 30.3 Å². The SMILES string of the molecule is CC1=C(C(=O)O)C(c2ccccc2[N+](=O)[O-])C(C(=O)O)=C(C)N1CCCc1ccccc1. The summed E-state index contributed by atoms with van der Waals surface area (Å²) in [4.78, 5) is 37.2. The lowest BCUT2D eigenvalue weighted by Gasteiger charge is -2.37. The number of allylic oxidation sites excluding steroid dienone is 2. The van der Waals surface area contributed by atoms with Crippen LogP contribution in [0.1, 0.15) is 37.3 Å². The van der Waals surface area contributed by atoms with Crippen LogP contribution in [0.5, 0.6) is 0 Å². The van der Waals surface area contributed by atoms with Crippen LogP contribution in [0.25, 0.3) is 0 Å². The third-order valence-corrected chi connectivity index (χ3v) is 5.76. The fourth-order valence-corrected chi connectivity index (χ4v) is 4.29. The molecule has 1 aliphatic rings. The molecule has 0 aliphatic carbocycles. The monoisotopic (exact) mass is 436 g/mol. The van der Waals surface area contributed by atoms with E-state index in [1.165, 1.54) is 24.3 Å². The first-order valence-corrected chi connectivity index (χ1v) is 10.2. The summed E-state index contributed by atoms with van der Waals surface area (Å²) in [7, 11) is 0. The first kappa shape index (κ1) is 22.7. The molecule has 0 saturated carbocycles. The molecule has 2 aromatic carbocycles. The Morgan fingerprint density at radius 3 is 2.00 bits per heavy atom. The van der Waals surface area contributed by atoms with Crippen molar-refractivity contribution in [3.63, 3.8) is 0 Å². The number of aliphatic carboxylic acids is 2. The van der Waals surface area contributed by atoms with Gasteiger partial charge in [0.25, 0.3) is 5.69 Å². The molecule has 0 bridgehead atoms. The Kier molecular flexibility index (Phi) is 6.73. The highest BCUT2D eigenvalue weighted by atomic mass is 16.6. The van der Waals surface area contributed by atoms with Gasteiger partial charge in [-0.1, -0.05) is 48.5 Å². The van der Waals surface area contributed by atoms with Crippen LogP contribution in [0.2, 0.25) is 0 Å². The highest BCUT2D eigenvalue weighted by Gasteiger charge is 2.41. The number of para-hydroxylation sites is 1. The number of carboxylic acids is 2. The average molecular weight is 436 g/mol. The van der Waals surface area contributed by atoms with Crippen molar-refractivity contribution < 1.29 is 24.7 Å². The maximum absolute atomic E-state index is 12.3. The quantitative estimate of drug-likeness (QED) is 0.466. The normalized spacial score (nSPS) is 14.6. The number of nitro benzene ring substituents is 1. The van der Waals surface area contributed by atoms with Crippen molar-refractivity contribution in [2.24, 2.45) is 0 Å². The van der Waals surface area contributed by atoms with Gasteiger partial charge in [-0.3, -0.25) is 10.1 Å². The van der Waals surface area contributed by atoms with Crippen LogP contribution in [-0.4, -0.2) is 38.5 Å². The van der Waals surface area contributed by atoms with Crippen molar-refractivity contribution in [3.05, 3.63) is 98.4 Å².